The number of benzene rings is 1. The van der Waals surface area contributed by atoms with Crippen molar-refractivity contribution in [1.82, 2.24) is 5.32 Å². The lowest BCUT2D eigenvalue weighted by atomic mass is 10.0. The van der Waals surface area contributed by atoms with Crippen molar-refractivity contribution < 1.29 is 19.5 Å². The zero-order chi connectivity index (χ0) is 15.4. The van der Waals surface area contributed by atoms with E-state index in [2.05, 4.69) is 5.32 Å². The first-order valence-electron chi connectivity index (χ1n) is 6.89. The number of hydrogen-bond acceptors (Lipinski definition) is 3. The Balaban J connectivity index is 1.98. The Morgan fingerprint density at radius 3 is 2.76 bits per heavy atom. The van der Waals surface area contributed by atoms with E-state index in [9.17, 15) is 14.4 Å². The summed E-state index contributed by atoms with van der Waals surface area (Å²) < 4.78 is 0. The van der Waals surface area contributed by atoms with Crippen LogP contribution in [0.1, 0.15) is 25.3 Å². The van der Waals surface area contributed by atoms with Crippen molar-refractivity contribution in [3.05, 3.63) is 29.8 Å². The van der Waals surface area contributed by atoms with Crippen molar-refractivity contribution in [2.75, 3.05) is 11.4 Å². The lowest BCUT2D eigenvalue weighted by Crippen LogP contribution is -2.42. The van der Waals surface area contributed by atoms with E-state index < -0.39 is 12.0 Å². The fourth-order valence-electron chi connectivity index (χ4n) is 2.33. The van der Waals surface area contributed by atoms with Crippen LogP contribution in [-0.4, -0.2) is 35.5 Å². The number of carboxylic acid groups (broad SMARTS) is 1. The Morgan fingerprint density at radius 2 is 2.05 bits per heavy atom. The third kappa shape index (κ3) is 3.59. The molecule has 0 spiro atoms. The molecule has 0 bridgehead atoms. The van der Waals surface area contributed by atoms with Crippen LogP contribution >= 0.6 is 0 Å². The largest absolute Gasteiger partial charge is 0.480 e. The van der Waals surface area contributed by atoms with Crippen molar-refractivity contribution in [3.63, 3.8) is 0 Å². The van der Waals surface area contributed by atoms with Gasteiger partial charge >= 0.3 is 5.97 Å². The van der Waals surface area contributed by atoms with Gasteiger partial charge in [-0.15, -0.1) is 0 Å². The summed E-state index contributed by atoms with van der Waals surface area (Å²) >= 11 is 0. The van der Waals surface area contributed by atoms with Crippen LogP contribution in [0.2, 0.25) is 0 Å². The minimum atomic E-state index is -1.08. The van der Waals surface area contributed by atoms with Crippen molar-refractivity contribution >= 4 is 23.5 Å². The quantitative estimate of drug-likeness (QED) is 0.845. The molecule has 2 rings (SSSR count). The van der Waals surface area contributed by atoms with Crippen LogP contribution in [0.25, 0.3) is 0 Å². The summed E-state index contributed by atoms with van der Waals surface area (Å²) in [5.74, 6) is -1.46. The second-order valence-corrected chi connectivity index (χ2v) is 5.05. The van der Waals surface area contributed by atoms with E-state index in [0.717, 1.165) is 11.3 Å². The Bertz CT molecular complexity index is 571. The van der Waals surface area contributed by atoms with Gasteiger partial charge in [0.05, 0.1) is 0 Å². The zero-order valence-corrected chi connectivity index (χ0v) is 11.8. The zero-order valence-electron chi connectivity index (χ0n) is 11.8. The molecule has 0 unspecified atom stereocenters. The Kier molecular flexibility index (Phi) is 4.57. The van der Waals surface area contributed by atoms with Crippen molar-refractivity contribution in [2.45, 2.75) is 32.2 Å². The maximum Gasteiger partial charge on any atom is 0.325 e. The van der Waals surface area contributed by atoms with Crippen LogP contribution in [0.3, 0.4) is 0 Å². The van der Waals surface area contributed by atoms with Gasteiger partial charge in [0.15, 0.2) is 0 Å². The highest BCUT2D eigenvalue weighted by molar-refractivity contribution is 5.97. The van der Waals surface area contributed by atoms with Crippen LogP contribution in [0.4, 0.5) is 5.69 Å². The normalized spacial score (nSPS) is 15.3. The molecule has 6 heteroatoms. The molecule has 1 aliphatic heterocycles. The summed E-state index contributed by atoms with van der Waals surface area (Å²) in [5, 5.41) is 11.1. The van der Waals surface area contributed by atoms with Gasteiger partial charge in [0.25, 0.3) is 0 Å². The number of nitrogens with one attached hydrogen (secondary N) is 1. The smallest absolute Gasteiger partial charge is 0.325 e. The predicted molar refractivity (Wildman–Crippen MR) is 77.0 cm³/mol. The minimum absolute atomic E-state index is 0.00668. The summed E-state index contributed by atoms with van der Waals surface area (Å²) in [6, 6.07) is 6.69. The molecule has 1 aliphatic rings. The van der Waals surface area contributed by atoms with Gasteiger partial charge in [0.1, 0.15) is 6.04 Å². The number of aliphatic carboxylic acids is 1. The molecule has 1 aromatic carbocycles. The number of anilines is 1. The Morgan fingerprint density at radius 1 is 1.33 bits per heavy atom. The van der Waals surface area contributed by atoms with E-state index in [0.29, 0.717) is 12.8 Å². The molecule has 6 nitrogen and oxygen atoms in total. The van der Waals surface area contributed by atoms with Crippen LogP contribution < -0.4 is 10.2 Å². The van der Waals surface area contributed by atoms with Crippen LogP contribution in [-0.2, 0) is 20.8 Å². The first-order chi connectivity index (χ1) is 9.99. The van der Waals surface area contributed by atoms with E-state index in [1.807, 2.05) is 24.3 Å². The molecule has 0 saturated heterocycles. The second-order valence-electron chi connectivity index (χ2n) is 5.05. The molecule has 1 aromatic rings. The summed E-state index contributed by atoms with van der Waals surface area (Å²) in [6.45, 7) is 1.66. The molecule has 0 radical (unpaired) electrons. The van der Waals surface area contributed by atoms with Crippen molar-refractivity contribution in [1.29, 1.82) is 0 Å². The molecule has 21 heavy (non-hydrogen) atoms. The number of nitrogens with zero attached hydrogens (tertiary/aromatic N) is 1. The van der Waals surface area contributed by atoms with Gasteiger partial charge in [-0.25, -0.2) is 0 Å². The van der Waals surface area contributed by atoms with Gasteiger partial charge in [0.2, 0.25) is 11.8 Å². The average Bonchev–Trinajstić information content (AvgIpc) is 2.46. The molecule has 0 aliphatic carbocycles. The van der Waals surface area contributed by atoms with Gasteiger partial charge in [-0.1, -0.05) is 18.2 Å². The highest BCUT2D eigenvalue weighted by Crippen LogP contribution is 2.27. The minimum Gasteiger partial charge on any atom is -0.480 e. The van der Waals surface area contributed by atoms with E-state index in [4.69, 9.17) is 5.11 Å². The summed E-state index contributed by atoms with van der Waals surface area (Å²) in [6.07, 6.45) is 1.23. The molecular formula is C15H18N2O4. The lowest BCUT2D eigenvalue weighted by molar-refractivity contribution is -0.141. The van der Waals surface area contributed by atoms with Gasteiger partial charge < -0.3 is 15.3 Å². The van der Waals surface area contributed by atoms with E-state index in [1.54, 1.807) is 4.90 Å². The topological polar surface area (TPSA) is 86.7 Å². The maximum atomic E-state index is 12.0. The van der Waals surface area contributed by atoms with Gasteiger partial charge in [0, 0.05) is 25.1 Å². The number of hydrogen-bond donors (Lipinski definition) is 2. The second kappa shape index (κ2) is 6.39. The van der Waals surface area contributed by atoms with E-state index in [-0.39, 0.29) is 24.8 Å². The van der Waals surface area contributed by atoms with Crippen molar-refractivity contribution in [2.24, 2.45) is 0 Å². The van der Waals surface area contributed by atoms with Crippen LogP contribution in [0, 0.1) is 0 Å². The monoisotopic (exact) mass is 290 g/mol. The number of amides is 2. The van der Waals surface area contributed by atoms with Gasteiger partial charge in [-0.2, -0.15) is 0 Å². The number of carbonyl (C=O) groups is 3. The first kappa shape index (κ1) is 15.0. The number of fused-ring (bicyclic) bond motifs is 1. The first-order valence-corrected chi connectivity index (χ1v) is 6.89. The van der Waals surface area contributed by atoms with Crippen molar-refractivity contribution in [3.8, 4) is 0 Å². The maximum absolute atomic E-state index is 12.0. The molecule has 1 atom stereocenters. The number of carbonyl (C=O) groups excluding carboxylic acids is 2. The summed E-state index contributed by atoms with van der Waals surface area (Å²) in [5.41, 5.74) is 1.93. The fourth-order valence-corrected chi connectivity index (χ4v) is 2.33. The molecule has 0 aromatic heterocycles. The SMILES string of the molecule is C[C@H](NC(=O)CCN1C(=O)CCc2ccccc21)C(=O)O. The number of rotatable bonds is 5. The van der Waals surface area contributed by atoms with Gasteiger partial charge in [-0.3, -0.25) is 14.4 Å². The Hall–Kier alpha value is -2.37. The molecular weight excluding hydrogens is 272 g/mol. The average molecular weight is 290 g/mol. The molecule has 2 N–H and O–H groups in total. The summed E-state index contributed by atoms with van der Waals surface area (Å²) in [7, 11) is 0. The third-order valence-corrected chi connectivity index (χ3v) is 3.50. The number of carboxylic acids is 1. The Labute approximate surface area is 122 Å². The fraction of sp³-hybridized carbons (Fsp3) is 0.400. The van der Waals surface area contributed by atoms with E-state index >= 15 is 0 Å². The molecule has 1 heterocycles. The molecule has 112 valence electrons. The van der Waals surface area contributed by atoms with Crippen LogP contribution in [0.15, 0.2) is 24.3 Å². The number of aryl methyl sites for hydroxylation is 1. The third-order valence-electron chi connectivity index (χ3n) is 3.50. The molecule has 2 amide bonds. The highest BCUT2D eigenvalue weighted by atomic mass is 16.4. The number of para-hydroxylation sites is 1. The molecule has 0 saturated carbocycles. The standard InChI is InChI=1S/C15H18N2O4/c1-10(15(20)21)16-13(18)8-9-17-12-5-3-2-4-11(12)6-7-14(17)19/h2-5,10H,6-9H2,1H3,(H,16,18)(H,20,21)/t10-/m0/s1. The lowest BCUT2D eigenvalue weighted by Gasteiger charge is -2.29. The van der Waals surface area contributed by atoms with E-state index in [1.165, 1.54) is 6.92 Å². The summed E-state index contributed by atoms with van der Waals surface area (Å²) in [4.78, 5) is 36.0. The van der Waals surface area contributed by atoms with Gasteiger partial charge in [-0.05, 0) is 25.0 Å². The highest BCUT2D eigenvalue weighted by Gasteiger charge is 2.24. The predicted octanol–water partition coefficient (Wildman–Crippen LogP) is 0.945. The van der Waals surface area contributed by atoms with Crippen LogP contribution in [0.5, 0.6) is 0 Å². The molecule has 0 fully saturated rings.